The van der Waals surface area contributed by atoms with Gasteiger partial charge in [-0.05, 0) is 5.56 Å². The first-order valence-electron chi connectivity index (χ1n) is 6.08. The van der Waals surface area contributed by atoms with E-state index < -0.39 is 5.54 Å². The smallest absolute Gasteiger partial charge is 0.112 e. The van der Waals surface area contributed by atoms with Crippen molar-refractivity contribution in [2.75, 3.05) is 6.54 Å². The highest BCUT2D eigenvalue weighted by atomic mass is 15.0. The molecule has 3 nitrogen and oxygen atoms in total. The van der Waals surface area contributed by atoms with E-state index in [0.29, 0.717) is 0 Å². The first kappa shape index (κ1) is 12.1. The fourth-order valence-electron chi connectivity index (χ4n) is 2.65. The zero-order chi connectivity index (χ0) is 12.5. The SMILES string of the molecule is CC1CNC(c2ccccc2)C(C)C1(N)C#N. The van der Waals surface area contributed by atoms with E-state index in [2.05, 4.69) is 30.4 Å². The van der Waals surface area contributed by atoms with Gasteiger partial charge in [0.2, 0.25) is 0 Å². The van der Waals surface area contributed by atoms with Gasteiger partial charge in [-0.25, -0.2) is 0 Å². The number of benzene rings is 1. The van der Waals surface area contributed by atoms with Crippen LogP contribution in [0.1, 0.15) is 25.5 Å². The molecule has 17 heavy (non-hydrogen) atoms. The van der Waals surface area contributed by atoms with Crippen molar-refractivity contribution in [3.05, 3.63) is 35.9 Å². The van der Waals surface area contributed by atoms with Crippen molar-refractivity contribution < 1.29 is 0 Å². The molecule has 1 aliphatic rings. The van der Waals surface area contributed by atoms with Crippen LogP contribution in [0.15, 0.2) is 30.3 Å². The summed E-state index contributed by atoms with van der Waals surface area (Å²) in [5.74, 6) is 0.265. The second kappa shape index (κ2) is 4.48. The van der Waals surface area contributed by atoms with Crippen molar-refractivity contribution in [3.8, 4) is 6.07 Å². The Balaban J connectivity index is 2.31. The molecule has 2 rings (SSSR count). The van der Waals surface area contributed by atoms with Crippen LogP contribution in [0, 0.1) is 23.2 Å². The summed E-state index contributed by atoms with van der Waals surface area (Å²) >= 11 is 0. The van der Waals surface area contributed by atoms with Gasteiger partial charge in [0.15, 0.2) is 0 Å². The molecule has 1 heterocycles. The summed E-state index contributed by atoms with van der Waals surface area (Å²) in [6.45, 7) is 4.88. The van der Waals surface area contributed by atoms with Crippen LogP contribution >= 0.6 is 0 Å². The van der Waals surface area contributed by atoms with Crippen LogP contribution in [0.3, 0.4) is 0 Å². The number of piperidine rings is 1. The van der Waals surface area contributed by atoms with Crippen molar-refractivity contribution in [2.45, 2.75) is 25.4 Å². The summed E-state index contributed by atoms with van der Waals surface area (Å²) in [5, 5.41) is 12.8. The van der Waals surface area contributed by atoms with Gasteiger partial charge < -0.3 is 11.1 Å². The Labute approximate surface area is 103 Å². The predicted molar refractivity (Wildman–Crippen MR) is 68.0 cm³/mol. The van der Waals surface area contributed by atoms with E-state index in [4.69, 9.17) is 5.73 Å². The quantitative estimate of drug-likeness (QED) is 0.772. The molecule has 4 unspecified atom stereocenters. The summed E-state index contributed by atoms with van der Waals surface area (Å²) in [5.41, 5.74) is 6.73. The molecule has 1 aliphatic heterocycles. The number of nitrogens with two attached hydrogens (primary N) is 1. The van der Waals surface area contributed by atoms with Crippen LogP contribution < -0.4 is 11.1 Å². The third-order valence-corrected chi connectivity index (χ3v) is 4.07. The van der Waals surface area contributed by atoms with Gasteiger partial charge in [-0.3, -0.25) is 0 Å². The van der Waals surface area contributed by atoms with E-state index in [-0.39, 0.29) is 17.9 Å². The lowest BCUT2D eigenvalue weighted by atomic mass is 9.69. The molecular weight excluding hydrogens is 210 g/mol. The van der Waals surface area contributed by atoms with Gasteiger partial charge in [0, 0.05) is 24.4 Å². The number of nitrogens with one attached hydrogen (secondary N) is 1. The van der Waals surface area contributed by atoms with Crippen LogP contribution in [0.2, 0.25) is 0 Å². The third kappa shape index (κ3) is 1.95. The molecular formula is C14H19N3. The van der Waals surface area contributed by atoms with E-state index in [1.165, 1.54) is 5.56 Å². The highest BCUT2D eigenvalue weighted by Gasteiger charge is 2.45. The largest absolute Gasteiger partial charge is 0.313 e. The molecule has 0 spiro atoms. The third-order valence-electron chi connectivity index (χ3n) is 4.07. The highest BCUT2D eigenvalue weighted by Crippen LogP contribution is 2.37. The topological polar surface area (TPSA) is 61.8 Å². The number of hydrogen-bond donors (Lipinski definition) is 2. The van der Waals surface area contributed by atoms with Crippen LogP contribution in [0.5, 0.6) is 0 Å². The Morgan fingerprint density at radius 2 is 2.00 bits per heavy atom. The molecule has 90 valence electrons. The van der Waals surface area contributed by atoms with Crippen molar-refractivity contribution >= 4 is 0 Å². The van der Waals surface area contributed by atoms with Gasteiger partial charge in [0.05, 0.1) is 6.07 Å². The number of nitrogens with zero attached hydrogens (tertiary/aromatic N) is 1. The Hall–Kier alpha value is -1.37. The lowest BCUT2D eigenvalue weighted by Crippen LogP contribution is -2.60. The van der Waals surface area contributed by atoms with Crippen LogP contribution in [-0.4, -0.2) is 12.1 Å². The van der Waals surface area contributed by atoms with Gasteiger partial charge in [-0.15, -0.1) is 0 Å². The number of rotatable bonds is 1. The summed E-state index contributed by atoms with van der Waals surface area (Å²) < 4.78 is 0. The maximum Gasteiger partial charge on any atom is 0.112 e. The van der Waals surface area contributed by atoms with Crippen LogP contribution in [-0.2, 0) is 0 Å². The average Bonchev–Trinajstić information content (AvgIpc) is 2.37. The van der Waals surface area contributed by atoms with E-state index in [1.54, 1.807) is 0 Å². The minimum Gasteiger partial charge on any atom is -0.313 e. The minimum atomic E-state index is -0.744. The molecule has 3 N–H and O–H groups in total. The minimum absolute atomic E-state index is 0.0960. The standard InChI is InChI=1S/C14H19N3/c1-10-8-17-13(11(2)14(10,16)9-15)12-6-4-3-5-7-12/h3-7,10-11,13,17H,8,16H2,1-2H3. The summed E-state index contributed by atoms with van der Waals surface area (Å²) in [6, 6.07) is 12.7. The van der Waals surface area contributed by atoms with Crippen molar-refractivity contribution in [2.24, 2.45) is 17.6 Å². The number of nitriles is 1. The molecule has 3 heteroatoms. The van der Waals surface area contributed by atoms with E-state index in [0.717, 1.165) is 6.54 Å². The second-order valence-electron chi connectivity index (χ2n) is 5.03. The average molecular weight is 229 g/mol. The normalized spacial score (nSPS) is 37.4. The van der Waals surface area contributed by atoms with Gasteiger partial charge in [-0.1, -0.05) is 44.2 Å². The maximum atomic E-state index is 9.35. The van der Waals surface area contributed by atoms with Gasteiger partial charge in [0.25, 0.3) is 0 Å². The molecule has 0 bridgehead atoms. The fraction of sp³-hybridized carbons (Fsp3) is 0.500. The number of hydrogen-bond acceptors (Lipinski definition) is 3. The molecule has 0 aliphatic carbocycles. The molecule has 1 aromatic rings. The van der Waals surface area contributed by atoms with Crippen molar-refractivity contribution in [3.63, 3.8) is 0 Å². The summed E-state index contributed by atoms with van der Waals surface area (Å²) in [4.78, 5) is 0. The van der Waals surface area contributed by atoms with Crippen molar-refractivity contribution in [1.82, 2.24) is 5.32 Å². The molecule has 1 aromatic carbocycles. The molecule has 4 atom stereocenters. The predicted octanol–water partition coefficient (Wildman–Crippen LogP) is 1.82. The van der Waals surface area contributed by atoms with Gasteiger partial charge in [0.1, 0.15) is 5.54 Å². The second-order valence-corrected chi connectivity index (χ2v) is 5.03. The van der Waals surface area contributed by atoms with Crippen LogP contribution in [0.25, 0.3) is 0 Å². The lowest BCUT2D eigenvalue weighted by Gasteiger charge is -2.44. The highest BCUT2D eigenvalue weighted by molar-refractivity contribution is 5.25. The molecule has 0 aromatic heterocycles. The Morgan fingerprint density at radius 1 is 1.35 bits per heavy atom. The van der Waals surface area contributed by atoms with Gasteiger partial charge in [-0.2, -0.15) is 5.26 Å². The first-order valence-corrected chi connectivity index (χ1v) is 6.08. The van der Waals surface area contributed by atoms with E-state index in [9.17, 15) is 5.26 Å². The van der Waals surface area contributed by atoms with E-state index in [1.807, 2.05) is 25.1 Å². The Kier molecular flexibility index (Phi) is 3.19. The maximum absolute atomic E-state index is 9.35. The lowest BCUT2D eigenvalue weighted by molar-refractivity contribution is 0.153. The molecule has 0 saturated carbocycles. The van der Waals surface area contributed by atoms with Crippen molar-refractivity contribution in [1.29, 1.82) is 5.26 Å². The Morgan fingerprint density at radius 3 is 2.59 bits per heavy atom. The molecule has 0 amide bonds. The zero-order valence-corrected chi connectivity index (χ0v) is 10.4. The first-order chi connectivity index (χ1) is 8.09. The summed E-state index contributed by atoms with van der Waals surface area (Å²) in [6.07, 6.45) is 0. The fourth-order valence-corrected chi connectivity index (χ4v) is 2.65. The van der Waals surface area contributed by atoms with Gasteiger partial charge >= 0.3 is 0 Å². The van der Waals surface area contributed by atoms with E-state index >= 15 is 0 Å². The molecule has 1 fully saturated rings. The monoisotopic (exact) mass is 229 g/mol. The zero-order valence-electron chi connectivity index (χ0n) is 10.4. The Bertz CT molecular complexity index is 423. The molecule has 1 saturated heterocycles. The van der Waals surface area contributed by atoms with Crippen LogP contribution in [0.4, 0.5) is 0 Å². The molecule has 0 radical (unpaired) electrons. The summed E-state index contributed by atoms with van der Waals surface area (Å²) in [7, 11) is 0.